The van der Waals surface area contributed by atoms with Gasteiger partial charge in [-0.25, -0.2) is 0 Å². The minimum absolute atomic E-state index is 0.0544. The Morgan fingerprint density at radius 1 is 1.30 bits per heavy atom. The molecule has 1 amide bonds. The Hall–Kier alpha value is -1.35. The zero-order chi connectivity index (χ0) is 14.3. The molecule has 0 aromatic heterocycles. The van der Waals surface area contributed by atoms with Gasteiger partial charge in [0.1, 0.15) is 6.17 Å². The molecule has 3 nitrogen and oxygen atoms in total. The summed E-state index contributed by atoms with van der Waals surface area (Å²) in [5.41, 5.74) is 3.78. The molecule has 0 spiro atoms. The lowest BCUT2D eigenvalue weighted by Gasteiger charge is -2.40. The molecule has 1 saturated carbocycles. The summed E-state index contributed by atoms with van der Waals surface area (Å²) in [6.45, 7) is 6.93. The first-order valence-corrected chi connectivity index (χ1v) is 7.69. The van der Waals surface area contributed by atoms with Crippen LogP contribution in [-0.4, -0.2) is 23.4 Å². The number of nitrogens with zero attached hydrogens (tertiary/aromatic N) is 1. The van der Waals surface area contributed by atoms with Crippen LogP contribution in [0.1, 0.15) is 49.0 Å². The van der Waals surface area contributed by atoms with Crippen LogP contribution in [0, 0.1) is 19.8 Å². The molecule has 1 aromatic carbocycles. The van der Waals surface area contributed by atoms with Crippen LogP contribution in [0.2, 0.25) is 0 Å². The van der Waals surface area contributed by atoms with E-state index in [1.165, 1.54) is 36.0 Å². The maximum absolute atomic E-state index is 12.3. The van der Waals surface area contributed by atoms with E-state index >= 15 is 0 Å². The van der Waals surface area contributed by atoms with Crippen molar-refractivity contribution < 1.29 is 4.79 Å². The lowest BCUT2D eigenvalue weighted by Crippen LogP contribution is -2.44. The summed E-state index contributed by atoms with van der Waals surface area (Å²) in [7, 11) is 0. The van der Waals surface area contributed by atoms with Gasteiger partial charge in [0.05, 0.1) is 6.54 Å². The number of aryl methyl sites for hydroxylation is 2. The second kappa shape index (κ2) is 5.21. The fourth-order valence-corrected chi connectivity index (χ4v) is 3.52. The summed E-state index contributed by atoms with van der Waals surface area (Å²) in [5, 5.41) is 3.39. The smallest absolute Gasteiger partial charge is 0.238 e. The van der Waals surface area contributed by atoms with E-state index in [0.717, 1.165) is 0 Å². The third kappa shape index (κ3) is 2.24. The van der Waals surface area contributed by atoms with Crippen LogP contribution in [0.4, 0.5) is 0 Å². The van der Waals surface area contributed by atoms with Crippen molar-refractivity contribution in [3.05, 3.63) is 34.9 Å². The maximum atomic E-state index is 12.3. The molecule has 20 heavy (non-hydrogen) atoms. The molecule has 2 fully saturated rings. The number of hydrogen-bond donors (Lipinski definition) is 1. The highest BCUT2D eigenvalue weighted by molar-refractivity contribution is 5.81. The minimum Gasteiger partial charge on any atom is -0.319 e. The van der Waals surface area contributed by atoms with Crippen molar-refractivity contribution >= 4 is 5.91 Å². The monoisotopic (exact) mass is 272 g/mol. The fourth-order valence-electron chi connectivity index (χ4n) is 3.52. The van der Waals surface area contributed by atoms with Crippen molar-refractivity contribution in [3.8, 4) is 0 Å². The van der Waals surface area contributed by atoms with Gasteiger partial charge in [-0.15, -0.1) is 0 Å². The van der Waals surface area contributed by atoms with Crippen molar-refractivity contribution in [2.24, 2.45) is 5.92 Å². The highest BCUT2D eigenvalue weighted by atomic mass is 16.2. The fraction of sp³-hybridized carbons (Fsp3) is 0.588. The molecule has 1 heterocycles. The lowest BCUT2D eigenvalue weighted by molar-refractivity contribution is -0.131. The Kier molecular flexibility index (Phi) is 3.55. The van der Waals surface area contributed by atoms with E-state index in [9.17, 15) is 4.79 Å². The van der Waals surface area contributed by atoms with E-state index in [0.29, 0.717) is 18.5 Å². The van der Waals surface area contributed by atoms with E-state index in [2.05, 4.69) is 49.2 Å². The molecule has 1 saturated heterocycles. The van der Waals surface area contributed by atoms with Gasteiger partial charge in [0.2, 0.25) is 5.91 Å². The number of carbonyl (C=O) groups excluding carboxylic acids is 1. The van der Waals surface area contributed by atoms with Crippen LogP contribution < -0.4 is 5.32 Å². The van der Waals surface area contributed by atoms with Crippen molar-refractivity contribution in [1.82, 2.24) is 10.2 Å². The van der Waals surface area contributed by atoms with E-state index in [4.69, 9.17) is 0 Å². The molecule has 1 aliphatic heterocycles. The van der Waals surface area contributed by atoms with Crippen LogP contribution >= 0.6 is 0 Å². The quantitative estimate of drug-likeness (QED) is 0.917. The summed E-state index contributed by atoms with van der Waals surface area (Å²) < 4.78 is 0. The number of amides is 1. The largest absolute Gasteiger partial charge is 0.319 e. The SMILES string of the molecule is Cc1ccc(C2NCC(=O)N2C(C)C2CCC2)c(C)c1. The van der Waals surface area contributed by atoms with Gasteiger partial charge in [-0.1, -0.05) is 30.2 Å². The molecule has 0 bridgehead atoms. The van der Waals surface area contributed by atoms with Gasteiger partial charge in [-0.05, 0) is 50.7 Å². The first-order chi connectivity index (χ1) is 9.58. The van der Waals surface area contributed by atoms with Gasteiger partial charge in [-0.2, -0.15) is 0 Å². The Labute approximate surface area is 121 Å². The van der Waals surface area contributed by atoms with Gasteiger partial charge in [0, 0.05) is 6.04 Å². The Morgan fingerprint density at radius 2 is 2.05 bits per heavy atom. The second-order valence-electron chi connectivity index (χ2n) is 6.38. The zero-order valence-electron chi connectivity index (χ0n) is 12.6. The number of rotatable bonds is 3. The molecular formula is C17H24N2O. The summed E-state index contributed by atoms with van der Waals surface area (Å²) in [6.07, 6.45) is 3.91. The average molecular weight is 272 g/mol. The second-order valence-corrected chi connectivity index (χ2v) is 6.38. The number of benzene rings is 1. The summed E-state index contributed by atoms with van der Waals surface area (Å²) in [4.78, 5) is 14.4. The Morgan fingerprint density at radius 3 is 2.65 bits per heavy atom. The van der Waals surface area contributed by atoms with Gasteiger partial charge < -0.3 is 4.90 Å². The number of hydrogen-bond acceptors (Lipinski definition) is 2. The summed E-state index contributed by atoms with van der Waals surface area (Å²) >= 11 is 0. The zero-order valence-corrected chi connectivity index (χ0v) is 12.6. The van der Waals surface area contributed by atoms with Gasteiger partial charge >= 0.3 is 0 Å². The third-order valence-electron chi connectivity index (χ3n) is 5.00. The average Bonchev–Trinajstić information content (AvgIpc) is 2.68. The molecule has 2 aliphatic rings. The van der Waals surface area contributed by atoms with Gasteiger partial charge in [0.25, 0.3) is 0 Å². The molecule has 0 radical (unpaired) electrons. The molecule has 2 unspecified atom stereocenters. The summed E-state index contributed by atoms with van der Waals surface area (Å²) in [6, 6.07) is 6.85. The predicted molar refractivity (Wildman–Crippen MR) is 80.3 cm³/mol. The molecule has 1 aliphatic carbocycles. The van der Waals surface area contributed by atoms with Crippen LogP contribution in [0.15, 0.2) is 18.2 Å². The molecule has 1 N–H and O–H groups in total. The third-order valence-corrected chi connectivity index (χ3v) is 5.00. The van der Waals surface area contributed by atoms with Crippen LogP contribution in [0.5, 0.6) is 0 Å². The maximum Gasteiger partial charge on any atom is 0.238 e. The molecule has 3 heteroatoms. The van der Waals surface area contributed by atoms with Crippen molar-refractivity contribution in [3.63, 3.8) is 0 Å². The van der Waals surface area contributed by atoms with Crippen LogP contribution in [0.3, 0.4) is 0 Å². The molecule has 108 valence electrons. The number of carbonyl (C=O) groups is 1. The molecule has 1 aromatic rings. The standard InChI is InChI=1S/C17H24N2O/c1-11-7-8-15(12(2)9-11)17-18-10-16(20)19(17)13(3)14-5-4-6-14/h7-9,13-14,17-18H,4-6,10H2,1-3H3. The Bertz CT molecular complexity index is 522. The Balaban J connectivity index is 1.88. The van der Waals surface area contributed by atoms with Crippen LogP contribution in [-0.2, 0) is 4.79 Å². The van der Waals surface area contributed by atoms with Gasteiger partial charge in [-0.3, -0.25) is 10.1 Å². The predicted octanol–water partition coefficient (Wildman–Crippen LogP) is 2.92. The normalized spacial score (nSPS) is 24.9. The van der Waals surface area contributed by atoms with Crippen LogP contribution in [0.25, 0.3) is 0 Å². The molecule has 3 rings (SSSR count). The first-order valence-electron chi connectivity index (χ1n) is 7.69. The topological polar surface area (TPSA) is 32.3 Å². The first kappa shape index (κ1) is 13.6. The van der Waals surface area contributed by atoms with E-state index in [-0.39, 0.29) is 12.1 Å². The highest BCUT2D eigenvalue weighted by Crippen LogP contribution is 2.37. The van der Waals surface area contributed by atoms with Crippen molar-refractivity contribution in [2.45, 2.75) is 52.2 Å². The minimum atomic E-state index is 0.0544. The van der Waals surface area contributed by atoms with Crippen molar-refractivity contribution in [2.75, 3.05) is 6.54 Å². The molecule has 2 atom stereocenters. The van der Waals surface area contributed by atoms with E-state index in [1.807, 2.05) is 0 Å². The van der Waals surface area contributed by atoms with E-state index < -0.39 is 0 Å². The van der Waals surface area contributed by atoms with Gasteiger partial charge in [0.15, 0.2) is 0 Å². The molecular weight excluding hydrogens is 248 g/mol. The lowest BCUT2D eigenvalue weighted by atomic mass is 9.79. The highest BCUT2D eigenvalue weighted by Gasteiger charge is 2.39. The number of nitrogens with one attached hydrogen (secondary N) is 1. The summed E-state index contributed by atoms with van der Waals surface area (Å²) in [5.74, 6) is 0.932. The van der Waals surface area contributed by atoms with Crippen molar-refractivity contribution in [1.29, 1.82) is 0 Å². The van der Waals surface area contributed by atoms with E-state index in [1.54, 1.807) is 0 Å².